The smallest absolute Gasteiger partial charge is 0.316 e. The molecule has 2 N–H and O–H groups in total. The zero-order chi connectivity index (χ0) is 16.5. The molecule has 0 radical (unpaired) electrons. The Labute approximate surface area is 145 Å². The third-order valence-corrected chi connectivity index (χ3v) is 4.00. The molecule has 0 saturated heterocycles. The highest BCUT2D eigenvalue weighted by Gasteiger charge is 2.04. The Bertz CT molecular complexity index is 645. The molecule has 0 heterocycles. The molecule has 2 rings (SSSR count). The van der Waals surface area contributed by atoms with E-state index in [0.29, 0.717) is 17.5 Å². The van der Waals surface area contributed by atoms with E-state index in [1.807, 2.05) is 54.6 Å². The number of carbonyl (C=O) groups is 1. The van der Waals surface area contributed by atoms with Gasteiger partial charge >= 0.3 is 5.97 Å². The molecule has 0 saturated carbocycles. The van der Waals surface area contributed by atoms with Crippen LogP contribution in [0.3, 0.4) is 0 Å². The molecule has 0 bridgehead atoms. The quantitative estimate of drug-likeness (QED) is 0.465. The first-order chi connectivity index (χ1) is 11.2. The molecular weight excluding hydrogens is 328 g/mol. The van der Waals surface area contributed by atoms with E-state index in [9.17, 15) is 4.79 Å². The first-order valence-electron chi connectivity index (χ1n) is 7.19. The molecule has 4 nitrogen and oxygen atoms in total. The van der Waals surface area contributed by atoms with Crippen LogP contribution in [0.2, 0.25) is 0 Å². The van der Waals surface area contributed by atoms with Gasteiger partial charge in [0.2, 0.25) is 0 Å². The van der Waals surface area contributed by atoms with Crippen LogP contribution < -0.4 is 10.6 Å². The summed E-state index contributed by atoms with van der Waals surface area (Å²) in [6, 6.07) is 17.5. The maximum Gasteiger partial charge on any atom is 0.316 e. The molecule has 120 valence electrons. The van der Waals surface area contributed by atoms with Gasteiger partial charge in [0.1, 0.15) is 0 Å². The number of rotatable bonds is 6. The second kappa shape index (κ2) is 9.17. The third-order valence-electron chi connectivity index (χ3n) is 2.81. The molecule has 2 aromatic carbocycles. The number of anilines is 2. The standard InChI is InChI=1S/C17H18N2O2S2/c1-2-21-16(20)12-23-15-10-8-14(9-11-15)19-17(22)18-13-6-4-3-5-7-13/h3-11H,2,12H2,1H3,(H2,18,19,22). The Morgan fingerprint density at radius 3 is 2.26 bits per heavy atom. The van der Waals surface area contributed by atoms with Gasteiger partial charge in [-0.3, -0.25) is 4.79 Å². The monoisotopic (exact) mass is 346 g/mol. The van der Waals surface area contributed by atoms with Crippen LogP contribution in [0, 0.1) is 0 Å². The Morgan fingerprint density at radius 2 is 1.65 bits per heavy atom. The largest absolute Gasteiger partial charge is 0.465 e. The Morgan fingerprint density at radius 1 is 1.04 bits per heavy atom. The lowest BCUT2D eigenvalue weighted by Crippen LogP contribution is -2.18. The number of ether oxygens (including phenoxy) is 1. The molecule has 0 unspecified atom stereocenters. The predicted octanol–water partition coefficient (Wildman–Crippen LogP) is 4.15. The van der Waals surface area contributed by atoms with E-state index in [2.05, 4.69) is 10.6 Å². The lowest BCUT2D eigenvalue weighted by atomic mass is 10.3. The van der Waals surface area contributed by atoms with Crippen LogP contribution in [0.1, 0.15) is 6.92 Å². The fraction of sp³-hybridized carbons (Fsp3) is 0.176. The fourth-order valence-corrected chi connectivity index (χ4v) is 2.73. The first kappa shape index (κ1) is 17.3. The van der Waals surface area contributed by atoms with Crippen molar-refractivity contribution in [3.63, 3.8) is 0 Å². The third kappa shape index (κ3) is 6.30. The van der Waals surface area contributed by atoms with E-state index in [1.165, 1.54) is 11.8 Å². The maximum absolute atomic E-state index is 11.3. The lowest BCUT2D eigenvalue weighted by molar-refractivity contribution is -0.139. The summed E-state index contributed by atoms with van der Waals surface area (Å²) in [5.74, 6) is 0.113. The summed E-state index contributed by atoms with van der Waals surface area (Å²) in [6.45, 7) is 2.21. The van der Waals surface area contributed by atoms with E-state index in [1.54, 1.807) is 6.92 Å². The van der Waals surface area contributed by atoms with Crippen molar-refractivity contribution in [1.82, 2.24) is 0 Å². The number of thioether (sulfide) groups is 1. The molecule has 2 aromatic rings. The second-order valence-corrected chi connectivity index (χ2v) is 6.02. The van der Waals surface area contributed by atoms with Crippen LogP contribution in [0.15, 0.2) is 59.5 Å². The van der Waals surface area contributed by atoms with Crippen molar-refractivity contribution in [2.24, 2.45) is 0 Å². The van der Waals surface area contributed by atoms with Crippen LogP contribution >= 0.6 is 24.0 Å². The van der Waals surface area contributed by atoms with Crippen molar-refractivity contribution >= 4 is 46.4 Å². The number of para-hydroxylation sites is 1. The number of hydrogen-bond acceptors (Lipinski definition) is 4. The van der Waals surface area contributed by atoms with Crippen LogP contribution in [0.25, 0.3) is 0 Å². The SMILES string of the molecule is CCOC(=O)CSc1ccc(NC(=S)Nc2ccccc2)cc1. The summed E-state index contributed by atoms with van der Waals surface area (Å²) in [7, 11) is 0. The van der Waals surface area contributed by atoms with Crippen molar-refractivity contribution in [2.75, 3.05) is 23.0 Å². The predicted molar refractivity (Wildman–Crippen MR) is 100 cm³/mol. The molecule has 0 aliphatic carbocycles. The van der Waals surface area contributed by atoms with E-state index in [-0.39, 0.29) is 5.97 Å². The highest BCUT2D eigenvalue weighted by Crippen LogP contribution is 2.20. The molecule has 0 amide bonds. The number of hydrogen-bond donors (Lipinski definition) is 2. The van der Waals surface area contributed by atoms with Crippen molar-refractivity contribution in [2.45, 2.75) is 11.8 Å². The van der Waals surface area contributed by atoms with Crippen molar-refractivity contribution in [3.05, 3.63) is 54.6 Å². The molecule has 0 aliphatic rings. The zero-order valence-electron chi connectivity index (χ0n) is 12.7. The molecule has 23 heavy (non-hydrogen) atoms. The van der Waals surface area contributed by atoms with Gasteiger partial charge in [-0.05, 0) is 55.5 Å². The van der Waals surface area contributed by atoms with Gasteiger partial charge in [0.05, 0.1) is 12.4 Å². The lowest BCUT2D eigenvalue weighted by Gasteiger charge is -2.11. The minimum atomic E-state index is -0.201. The Balaban J connectivity index is 1.82. The van der Waals surface area contributed by atoms with Gasteiger partial charge in [-0.2, -0.15) is 0 Å². The van der Waals surface area contributed by atoms with E-state index in [0.717, 1.165) is 16.3 Å². The van der Waals surface area contributed by atoms with Gasteiger partial charge < -0.3 is 15.4 Å². The van der Waals surface area contributed by atoms with Crippen LogP contribution in [-0.2, 0) is 9.53 Å². The summed E-state index contributed by atoms with van der Waals surface area (Å²) in [4.78, 5) is 12.3. The average molecular weight is 346 g/mol. The fourth-order valence-electron chi connectivity index (χ4n) is 1.79. The number of nitrogens with one attached hydrogen (secondary N) is 2. The summed E-state index contributed by atoms with van der Waals surface area (Å²) < 4.78 is 4.90. The summed E-state index contributed by atoms with van der Waals surface area (Å²) in [6.07, 6.45) is 0. The summed E-state index contributed by atoms with van der Waals surface area (Å²) in [5.41, 5.74) is 1.82. The highest BCUT2D eigenvalue weighted by atomic mass is 32.2. The maximum atomic E-state index is 11.3. The molecule has 0 fully saturated rings. The van der Waals surface area contributed by atoms with Gasteiger partial charge in [-0.25, -0.2) is 0 Å². The molecule has 0 spiro atoms. The molecule has 6 heteroatoms. The number of carbonyl (C=O) groups excluding carboxylic acids is 1. The zero-order valence-corrected chi connectivity index (χ0v) is 14.4. The molecule has 0 aliphatic heterocycles. The molecular formula is C17H18N2O2S2. The van der Waals surface area contributed by atoms with Crippen molar-refractivity contribution in [1.29, 1.82) is 0 Å². The first-order valence-corrected chi connectivity index (χ1v) is 8.58. The second-order valence-electron chi connectivity index (χ2n) is 4.56. The highest BCUT2D eigenvalue weighted by molar-refractivity contribution is 8.00. The number of esters is 1. The van der Waals surface area contributed by atoms with Crippen LogP contribution in [0.4, 0.5) is 11.4 Å². The van der Waals surface area contributed by atoms with Gasteiger partial charge in [-0.1, -0.05) is 18.2 Å². The minimum Gasteiger partial charge on any atom is -0.465 e. The van der Waals surface area contributed by atoms with E-state index in [4.69, 9.17) is 17.0 Å². The summed E-state index contributed by atoms with van der Waals surface area (Å²) in [5, 5.41) is 6.77. The van der Waals surface area contributed by atoms with Gasteiger partial charge in [0, 0.05) is 16.3 Å². The molecule has 0 atom stereocenters. The van der Waals surface area contributed by atoms with Gasteiger partial charge in [0.25, 0.3) is 0 Å². The average Bonchev–Trinajstić information content (AvgIpc) is 2.55. The number of benzene rings is 2. The number of thiocarbonyl (C=S) groups is 1. The Hall–Kier alpha value is -2.05. The topological polar surface area (TPSA) is 50.4 Å². The summed E-state index contributed by atoms with van der Waals surface area (Å²) >= 11 is 6.72. The van der Waals surface area contributed by atoms with Crippen molar-refractivity contribution in [3.8, 4) is 0 Å². The van der Waals surface area contributed by atoms with E-state index >= 15 is 0 Å². The Kier molecular flexibility index (Phi) is 6.90. The van der Waals surface area contributed by atoms with E-state index < -0.39 is 0 Å². The van der Waals surface area contributed by atoms with Crippen molar-refractivity contribution < 1.29 is 9.53 Å². The normalized spacial score (nSPS) is 9.96. The minimum absolute atomic E-state index is 0.201. The van der Waals surface area contributed by atoms with Crippen LogP contribution in [0.5, 0.6) is 0 Å². The molecule has 0 aromatic heterocycles. The van der Waals surface area contributed by atoms with Gasteiger partial charge in [-0.15, -0.1) is 11.8 Å². The van der Waals surface area contributed by atoms with Gasteiger partial charge in [0.15, 0.2) is 5.11 Å². The van der Waals surface area contributed by atoms with Crippen LogP contribution in [-0.4, -0.2) is 23.4 Å².